The van der Waals surface area contributed by atoms with E-state index in [1.54, 1.807) is 49.6 Å². The number of hydrogen-bond donors (Lipinski definition) is 4. The lowest BCUT2D eigenvalue weighted by Crippen LogP contribution is -2.48. The highest BCUT2D eigenvalue weighted by Gasteiger charge is 2.26. The molecule has 17 heteroatoms. The number of aromatic nitrogens is 3. The molecule has 0 saturated carbocycles. The van der Waals surface area contributed by atoms with Gasteiger partial charge in [-0.25, -0.2) is 14.4 Å². The number of esters is 1. The maximum atomic E-state index is 12.4. The number of hydrogen-bond acceptors (Lipinski definition) is 12. The number of H-pyrrole nitrogens is 2. The molecule has 4 N–H and O–H groups in total. The second kappa shape index (κ2) is 27.7. The van der Waals surface area contributed by atoms with Crippen molar-refractivity contribution in [2.24, 2.45) is 5.92 Å². The van der Waals surface area contributed by atoms with Crippen molar-refractivity contribution < 1.29 is 38.1 Å². The molecule has 9 aromatic rings. The zero-order chi connectivity index (χ0) is 58.3. The standard InChI is InChI=1S/C27H30N4O.C20H21NO5.C18H17NO5/c32-27-28-24-14-7-8-15-25(24)31(27)17-9-16-29-18-20-30(21-19-29)26(22-10-3-1-4-11-22)23-12-5-2-6-13-23;1-10(2)7-8-25-20(24)15-9-14(22)16-18(26-15)13-6-5-11(3)12(4)17(13)21-19(16)23;1-23-15-9-7-12(11-16(15)24-2)8-10-17(20)19-14-6-4-3-5-13(14)18(21)22/h1-8,10-15,26H,9,16-21H2,(H,28,32);5-6,9-10H,7-8H2,1-4H3,(H,21,23);3-11H,1-2H3,(H,19,20)(H,21,22)/b;;10-8+. The minimum Gasteiger partial charge on any atom is -0.493 e. The number of aromatic amines is 2. The predicted molar refractivity (Wildman–Crippen MR) is 320 cm³/mol. The van der Waals surface area contributed by atoms with Gasteiger partial charge >= 0.3 is 17.6 Å². The molecule has 1 aliphatic rings. The number of pyridine rings is 1. The summed E-state index contributed by atoms with van der Waals surface area (Å²) < 4.78 is 23.0. The van der Waals surface area contributed by atoms with Crippen LogP contribution in [0.2, 0.25) is 0 Å². The first-order chi connectivity index (χ1) is 39.6. The maximum absolute atomic E-state index is 12.4. The number of carboxylic acids is 1. The number of para-hydroxylation sites is 3. The Morgan fingerprint density at radius 3 is 2.07 bits per heavy atom. The molecule has 0 atom stereocenters. The quantitative estimate of drug-likeness (QED) is 0.0379. The van der Waals surface area contributed by atoms with Crippen molar-refractivity contribution in [1.82, 2.24) is 24.3 Å². The first-order valence-electron chi connectivity index (χ1n) is 27.2. The van der Waals surface area contributed by atoms with Gasteiger partial charge in [-0.2, -0.15) is 0 Å². The zero-order valence-corrected chi connectivity index (χ0v) is 46.9. The summed E-state index contributed by atoms with van der Waals surface area (Å²) in [5.74, 6) is -0.905. The number of carbonyl (C=O) groups excluding carboxylic acids is 2. The largest absolute Gasteiger partial charge is 0.493 e. The second-order valence-corrected chi connectivity index (χ2v) is 20.2. The fourth-order valence-corrected chi connectivity index (χ4v) is 9.79. The lowest BCUT2D eigenvalue weighted by Gasteiger charge is -2.39. The summed E-state index contributed by atoms with van der Waals surface area (Å²) in [6, 6.07) is 46.0. The molecule has 0 aliphatic carbocycles. The topological polar surface area (TPSA) is 218 Å². The lowest BCUT2D eigenvalue weighted by molar-refractivity contribution is -0.111. The number of fused-ring (bicyclic) bond motifs is 4. The van der Waals surface area contributed by atoms with Gasteiger partial charge in [-0.15, -0.1) is 0 Å². The van der Waals surface area contributed by atoms with E-state index < -0.39 is 28.8 Å². The predicted octanol–water partition coefficient (Wildman–Crippen LogP) is 10.6. The van der Waals surface area contributed by atoms with Gasteiger partial charge in [0.25, 0.3) is 5.56 Å². The third-order valence-corrected chi connectivity index (χ3v) is 14.3. The summed E-state index contributed by atoms with van der Waals surface area (Å²) in [5, 5.41) is 12.1. The van der Waals surface area contributed by atoms with E-state index in [0.717, 1.165) is 79.5 Å². The Labute approximate surface area is 474 Å². The van der Waals surface area contributed by atoms with Crippen LogP contribution in [-0.2, 0) is 16.1 Å². The zero-order valence-electron chi connectivity index (χ0n) is 46.9. The average Bonchev–Trinajstić information content (AvgIpc) is 3.94. The Kier molecular flexibility index (Phi) is 19.9. The van der Waals surface area contributed by atoms with Gasteiger partial charge in [0.1, 0.15) is 5.39 Å². The molecule has 0 bridgehead atoms. The highest BCUT2D eigenvalue weighted by Crippen LogP contribution is 2.31. The molecule has 4 heterocycles. The van der Waals surface area contributed by atoms with E-state index in [4.69, 9.17) is 23.7 Å². The van der Waals surface area contributed by atoms with E-state index in [1.165, 1.54) is 36.4 Å². The molecule has 0 unspecified atom stereocenters. The molecule has 0 spiro atoms. The summed E-state index contributed by atoms with van der Waals surface area (Å²) in [6.07, 6.45) is 4.60. The van der Waals surface area contributed by atoms with Crippen molar-refractivity contribution in [3.8, 4) is 11.5 Å². The maximum Gasteiger partial charge on any atom is 0.374 e. The first-order valence-corrected chi connectivity index (χ1v) is 27.2. The van der Waals surface area contributed by atoms with Crippen molar-refractivity contribution >= 4 is 62.5 Å². The average molecular weight is 1110 g/mol. The normalized spacial score (nSPS) is 12.7. The molecule has 1 saturated heterocycles. The van der Waals surface area contributed by atoms with E-state index in [1.807, 2.05) is 62.6 Å². The van der Waals surface area contributed by atoms with E-state index in [2.05, 4.69) is 85.7 Å². The fraction of sp³-hybridized carbons (Fsp3) is 0.262. The summed E-state index contributed by atoms with van der Waals surface area (Å²) in [7, 11) is 3.07. The Bertz CT molecular complexity index is 3850. The molecule has 17 nitrogen and oxygen atoms in total. The van der Waals surface area contributed by atoms with Crippen molar-refractivity contribution in [3.63, 3.8) is 0 Å². The van der Waals surface area contributed by atoms with Crippen molar-refractivity contribution in [1.29, 1.82) is 0 Å². The number of methoxy groups -OCH3 is 2. The van der Waals surface area contributed by atoms with Crippen LogP contribution in [0.15, 0.2) is 170 Å². The van der Waals surface area contributed by atoms with E-state index in [-0.39, 0.29) is 40.3 Å². The number of ether oxygens (including phenoxy) is 3. The number of piperazine rings is 1. The monoisotopic (exact) mass is 1110 g/mol. The van der Waals surface area contributed by atoms with Crippen molar-refractivity contribution in [3.05, 3.63) is 222 Å². The molecule has 0 radical (unpaired) electrons. The highest BCUT2D eigenvalue weighted by molar-refractivity contribution is 6.06. The summed E-state index contributed by atoms with van der Waals surface area (Å²) in [5.41, 5.74) is 7.11. The SMILES string of the molecule is COc1ccc(/C=C/C(=O)Nc2ccccc2C(=O)O)cc1OC.Cc1ccc2c([nH]c(=O)c3c(=O)cc(C(=O)OCCC(C)C)oc32)c1C.O=c1[nH]c2ccccc2n1CCCN1CCN(C(c2ccccc2)c2ccccc2)CC1. The molecule has 1 amide bonds. The van der Waals surface area contributed by atoms with Gasteiger partial charge in [-0.05, 0) is 116 Å². The van der Waals surface area contributed by atoms with Crippen LogP contribution < -0.4 is 31.5 Å². The van der Waals surface area contributed by atoms with Gasteiger partial charge in [0.05, 0.1) is 54.7 Å². The Morgan fingerprint density at radius 1 is 0.744 bits per heavy atom. The lowest BCUT2D eigenvalue weighted by atomic mass is 9.96. The number of aromatic carboxylic acids is 1. The number of imidazole rings is 1. The van der Waals surface area contributed by atoms with Crippen LogP contribution in [0.1, 0.15) is 81.5 Å². The number of aryl methyl sites for hydroxylation is 3. The fourth-order valence-electron chi connectivity index (χ4n) is 9.79. The highest BCUT2D eigenvalue weighted by atomic mass is 16.5. The summed E-state index contributed by atoms with van der Waals surface area (Å²) in [4.78, 5) is 83.2. The van der Waals surface area contributed by atoms with Gasteiger partial charge in [0, 0.05) is 50.3 Å². The van der Waals surface area contributed by atoms with Crippen molar-refractivity contribution in [2.45, 2.75) is 53.1 Å². The summed E-state index contributed by atoms with van der Waals surface area (Å²) in [6.45, 7) is 14.0. The molecular weight excluding hydrogens is 1040 g/mol. The molecule has 10 rings (SSSR count). The minimum absolute atomic E-state index is 0.00965. The molecular formula is C65H68N6O11. The third kappa shape index (κ3) is 14.5. The van der Waals surface area contributed by atoms with Gasteiger partial charge in [-0.3, -0.25) is 23.9 Å². The molecule has 82 heavy (non-hydrogen) atoms. The number of anilines is 1. The number of nitrogens with zero attached hydrogens (tertiary/aromatic N) is 3. The van der Waals surface area contributed by atoms with Crippen LogP contribution >= 0.6 is 0 Å². The van der Waals surface area contributed by atoms with Gasteiger partial charge < -0.3 is 43.9 Å². The van der Waals surface area contributed by atoms with Crippen LogP contribution in [0.5, 0.6) is 11.5 Å². The van der Waals surface area contributed by atoms with E-state index in [0.29, 0.717) is 40.8 Å². The number of nitrogens with one attached hydrogen (secondary N) is 3. The van der Waals surface area contributed by atoms with Gasteiger partial charge in [0.2, 0.25) is 11.7 Å². The minimum atomic E-state index is -1.10. The van der Waals surface area contributed by atoms with Crippen LogP contribution in [0.3, 0.4) is 0 Å². The van der Waals surface area contributed by atoms with E-state index in [9.17, 15) is 28.8 Å². The van der Waals surface area contributed by atoms with Crippen molar-refractivity contribution in [2.75, 3.05) is 58.9 Å². The van der Waals surface area contributed by atoms with E-state index >= 15 is 0 Å². The van der Waals surface area contributed by atoms with Gasteiger partial charge in [0.15, 0.2) is 22.5 Å². The Hall–Kier alpha value is -9.32. The number of amides is 1. The van der Waals surface area contributed by atoms with Crippen LogP contribution in [-0.4, -0.2) is 101 Å². The molecule has 3 aromatic heterocycles. The molecule has 6 aromatic carbocycles. The number of carbonyl (C=O) groups is 3. The van der Waals surface area contributed by atoms with Crippen LogP contribution in [0.4, 0.5) is 5.69 Å². The molecule has 1 fully saturated rings. The Morgan fingerprint density at radius 2 is 1.40 bits per heavy atom. The van der Waals surface area contributed by atoms with Gasteiger partial charge in [-0.1, -0.05) is 111 Å². The second-order valence-electron chi connectivity index (χ2n) is 20.2. The number of rotatable bonds is 17. The summed E-state index contributed by atoms with van der Waals surface area (Å²) >= 11 is 0. The third-order valence-electron chi connectivity index (χ3n) is 14.3. The number of benzene rings is 6. The number of carboxylic acid groups (broad SMARTS) is 1. The Balaban J connectivity index is 0.000000163. The molecule has 424 valence electrons. The first kappa shape index (κ1) is 58.8. The molecule has 1 aliphatic heterocycles. The van der Waals surface area contributed by atoms with Crippen LogP contribution in [0, 0.1) is 19.8 Å². The van der Waals surface area contributed by atoms with Crippen LogP contribution in [0.25, 0.3) is 39.0 Å². The smallest absolute Gasteiger partial charge is 0.374 e.